The van der Waals surface area contributed by atoms with Crippen LogP contribution in [0.25, 0.3) is 0 Å². The molecule has 26 heavy (non-hydrogen) atoms. The summed E-state index contributed by atoms with van der Waals surface area (Å²) in [5, 5.41) is 4.45. The number of ketones is 1. The van der Waals surface area contributed by atoms with E-state index >= 15 is 0 Å². The van der Waals surface area contributed by atoms with Crippen LogP contribution in [-0.2, 0) is 14.3 Å². The first kappa shape index (κ1) is 17.9. The Kier molecular flexibility index (Phi) is 5.52. The minimum atomic E-state index is -0.982. The molecule has 1 atom stereocenters. The van der Waals surface area contributed by atoms with Gasteiger partial charge in [0.05, 0.1) is 11.3 Å². The van der Waals surface area contributed by atoms with Gasteiger partial charge in [-0.2, -0.15) is 0 Å². The molecule has 0 saturated heterocycles. The second-order valence-electron chi connectivity index (χ2n) is 5.59. The van der Waals surface area contributed by atoms with Gasteiger partial charge in [-0.05, 0) is 30.5 Å². The summed E-state index contributed by atoms with van der Waals surface area (Å²) in [7, 11) is 0. The van der Waals surface area contributed by atoms with Crippen LogP contribution in [0.3, 0.4) is 0 Å². The Balaban J connectivity index is 1.46. The van der Waals surface area contributed by atoms with E-state index in [9.17, 15) is 14.4 Å². The molecular weight excluding hydrogens is 358 g/mol. The number of carbonyl (C=O) groups excluding carboxylic acids is 3. The first-order valence-corrected chi connectivity index (χ1v) is 8.87. The van der Waals surface area contributed by atoms with Gasteiger partial charge in [0.25, 0.3) is 5.91 Å². The summed E-state index contributed by atoms with van der Waals surface area (Å²) in [5.41, 5.74) is 0.509. The lowest BCUT2D eigenvalue weighted by molar-refractivity contribution is -0.153. The third-order valence-corrected chi connectivity index (χ3v) is 4.58. The number of fused-ring (bicyclic) bond motifs is 1. The van der Waals surface area contributed by atoms with Crippen LogP contribution in [0.5, 0.6) is 11.5 Å². The zero-order valence-corrected chi connectivity index (χ0v) is 14.8. The third kappa shape index (κ3) is 4.40. The molecule has 0 bridgehead atoms. The number of ether oxygens (including phenoxy) is 3. The molecule has 8 heteroatoms. The highest BCUT2D eigenvalue weighted by molar-refractivity contribution is 7.12. The van der Waals surface area contributed by atoms with Crippen molar-refractivity contribution in [3.8, 4) is 11.5 Å². The van der Waals surface area contributed by atoms with Gasteiger partial charge in [-0.15, -0.1) is 11.3 Å². The summed E-state index contributed by atoms with van der Waals surface area (Å²) in [4.78, 5) is 36.5. The minimum absolute atomic E-state index is 0.0514. The minimum Gasteiger partial charge on any atom is -0.454 e. The monoisotopic (exact) mass is 375 g/mol. The number of esters is 1. The van der Waals surface area contributed by atoms with E-state index in [4.69, 9.17) is 14.2 Å². The molecule has 2 aromatic rings. The SMILES string of the molecule is C[C@H](OC(=O)CCC(=O)c1cccs1)C(=O)Nc1ccc2c(c1)OCO2. The quantitative estimate of drug-likeness (QED) is 0.591. The van der Waals surface area contributed by atoms with Crippen LogP contribution in [0.1, 0.15) is 29.4 Å². The van der Waals surface area contributed by atoms with Crippen molar-refractivity contribution < 1.29 is 28.6 Å². The molecule has 136 valence electrons. The highest BCUT2D eigenvalue weighted by atomic mass is 32.1. The van der Waals surface area contributed by atoms with E-state index in [0.29, 0.717) is 22.1 Å². The number of carbonyl (C=O) groups is 3. The highest BCUT2D eigenvalue weighted by Crippen LogP contribution is 2.34. The molecule has 0 saturated carbocycles. The van der Waals surface area contributed by atoms with E-state index < -0.39 is 18.0 Å². The number of thiophene rings is 1. The van der Waals surface area contributed by atoms with Gasteiger partial charge in [0.15, 0.2) is 23.4 Å². The van der Waals surface area contributed by atoms with Crippen LogP contribution in [0.15, 0.2) is 35.7 Å². The number of benzene rings is 1. The fourth-order valence-electron chi connectivity index (χ4n) is 2.30. The Labute approximate surface area is 153 Å². The standard InChI is InChI=1S/C18H17NO6S/c1-11(25-17(21)7-5-13(20)16-3-2-8-26-16)18(22)19-12-4-6-14-15(9-12)24-10-23-14/h2-4,6,8-9,11H,5,7,10H2,1H3,(H,19,22)/t11-/m0/s1. The van der Waals surface area contributed by atoms with E-state index in [2.05, 4.69) is 5.32 Å². The van der Waals surface area contributed by atoms with Crippen molar-refractivity contribution in [3.63, 3.8) is 0 Å². The lowest BCUT2D eigenvalue weighted by Gasteiger charge is -2.13. The topological polar surface area (TPSA) is 90.9 Å². The summed E-state index contributed by atoms with van der Waals surface area (Å²) in [6.45, 7) is 1.62. The van der Waals surface area contributed by atoms with Crippen molar-refractivity contribution in [2.75, 3.05) is 12.1 Å². The maximum Gasteiger partial charge on any atom is 0.307 e. The first-order valence-electron chi connectivity index (χ1n) is 7.99. The fourth-order valence-corrected chi connectivity index (χ4v) is 3.00. The summed E-state index contributed by atoms with van der Waals surface area (Å²) in [6.07, 6.45) is -1.00. The van der Waals surface area contributed by atoms with E-state index in [1.165, 1.54) is 18.3 Å². The van der Waals surface area contributed by atoms with Gasteiger partial charge >= 0.3 is 5.97 Å². The number of anilines is 1. The Bertz CT molecular complexity index is 817. The molecule has 1 aromatic heterocycles. The van der Waals surface area contributed by atoms with E-state index in [1.807, 2.05) is 0 Å². The largest absolute Gasteiger partial charge is 0.454 e. The molecule has 0 aliphatic carbocycles. The molecule has 3 rings (SSSR count). The molecule has 1 amide bonds. The number of amides is 1. The Morgan fingerprint density at radius 2 is 2.00 bits per heavy atom. The van der Waals surface area contributed by atoms with Crippen LogP contribution >= 0.6 is 11.3 Å². The number of hydrogen-bond acceptors (Lipinski definition) is 7. The molecule has 0 radical (unpaired) electrons. The second-order valence-corrected chi connectivity index (χ2v) is 6.54. The van der Waals surface area contributed by atoms with Gasteiger partial charge < -0.3 is 19.5 Å². The zero-order valence-electron chi connectivity index (χ0n) is 14.0. The number of nitrogens with one attached hydrogen (secondary N) is 1. The average Bonchev–Trinajstić information content (AvgIpc) is 3.30. The van der Waals surface area contributed by atoms with Gasteiger partial charge in [-0.1, -0.05) is 6.07 Å². The van der Waals surface area contributed by atoms with Crippen LogP contribution in [0.4, 0.5) is 5.69 Å². The van der Waals surface area contributed by atoms with E-state index in [0.717, 1.165) is 0 Å². The molecule has 0 spiro atoms. The molecule has 7 nitrogen and oxygen atoms in total. The Morgan fingerprint density at radius 3 is 2.77 bits per heavy atom. The van der Waals surface area contributed by atoms with Crippen molar-refractivity contribution in [2.45, 2.75) is 25.9 Å². The highest BCUT2D eigenvalue weighted by Gasteiger charge is 2.20. The van der Waals surface area contributed by atoms with Crippen molar-refractivity contribution >= 4 is 34.7 Å². The van der Waals surface area contributed by atoms with Gasteiger partial charge in [-0.3, -0.25) is 14.4 Å². The number of Topliss-reactive ketones (excluding diaryl/α,β-unsaturated/α-hetero) is 1. The van der Waals surface area contributed by atoms with E-state index in [1.54, 1.807) is 35.7 Å². The van der Waals surface area contributed by atoms with Gasteiger partial charge in [0.1, 0.15) is 0 Å². The number of hydrogen-bond donors (Lipinski definition) is 1. The van der Waals surface area contributed by atoms with Gasteiger partial charge in [0, 0.05) is 18.2 Å². The van der Waals surface area contributed by atoms with Gasteiger partial charge in [-0.25, -0.2) is 0 Å². The molecule has 1 N–H and O–H groups in total. The average molecular weight is 375 g/mol. The Morgan fingerprint density at radius 1 is 1.19 bits per heavy atom. The Hall–Kier alpha value is -2.87. The predicted octanol–water partition coefficient (Wildman–Crippen LogP) is 3.01. The number of rotatable bonds is 7. The molecule has 2 heterocycles. The third-order valence-electron chi connectivity index (χ3n) is 3.67. The van der Waals surface area contributed by atoms with Crippen LogP contribution in [0, 0.1) is 0 Å². The van der Waals surface area contributed by atoms with Crippen molar-refractivity contribution in [2.24, 2.45) is 0 Å². The first-order chi connectivity index (χ1) is 12.5. The van der Waals surface area contributed by atoms with Gasteiger partial charge in [0.2, 0.25) is 6.79 Å². The summed E-state index contributed by atoms with van der Waals surface area (Å²) in [5.74, 6) is -0.0307. The van der Waals surface area contributed by atoms with Crippen LogP contribution in [-0.4, -0.2) is 30.6 Å². The van der Waals surface area contributed by atoms with Crippen LogP contribution < -0.4 is 14.8 Å². The van der Waals surface area contributed by atoms with E-state index in [-0.39, 0.29) is 25.4 Å². The molecule has 1 aromatic carbocycles. The summed E-state index contributed by atoms with van der Waals surface area (Å²) in [6, 6.07) is 8.47. The molecule has 1 aliphatic heterocycles. The van der Waals surface area contributed by atoms with Crippen molar-refractivity contribution in [1.29, 1.82) is 0 Å². The maximum absolute atomic E-state index is 12.1. The predicted molar refractivity (Wildman–Crippen MR) is 94.6 cm³/mol. The lowest BCUT2D eigenvalue weighted by Crippen LogP contribution is -2.30. The molecule has 0 unspecified atom stereocenters. The van der Waals surface area contributed by atoms with Crippen molar-refractivity contribution in [3.05, 3.63) is 40.6 Å². The maximum atomic E-state index is 12.1. The van der Waals surface area contributed by atoms with Crippen LogP contribution in [0.2, 0.25) is 0 Å². The summed E-state index contributed by atoms with van der Waals surface area (Å²) >= 11 is 1.33. The van der Waals surface area contributed by atoms with Crippen molar-refractivity contribution in [1.82, 2.24) is 0 Å². The molecule has 1 aliphatic rings. The fraction of sp³-hybridized carbons (Fsp3) is 0.278. The summed E-state index contributed by atoms with van der Waals surface area (Å²) < 4.78 is 15.5. The molecule has 0 fully saturated rings. The molecular formula is C18H17NO6S. The second kappa shape index (κ2) is 8.01. The lowest BCUT2D eigenvalue weighted by atomic mass is 10.2. The smallest absolute Gasteiger partial charge is 0.307 e. The normalized spacial score (nSPS) is 13.1. The zero-order chi connectivity index (χ0) is 18.5.